The molecule has 0 aromatic rings. The van der Waals surface area contributed by atoms with Crippen LogP contribution in [-0.2, 0) is 91.4 Å². The highest BCUT2D eigenvalue weighted by atomic mass is 17.2. The number of carbonyl (C=O) groups is 3. The van der Waals surface area contributed by atoms with Crippen molar-refractivity contribution in [2.24, 2.45) is 21.7 Å². The first-order valence-electron chi connectivity index (χ1n) is 26.0. The molecular formula is C46H99N11O24. The average molecular weight is 1190 g/mol. The summed E-state index contributed by atoms with van der Waals surface area (Å²) in [5, 5.41) is 50.4. The summed E-state index contributed by atoms with van der Waals surface area (Å²) >= 11 is 0. The number of amides is 1. The van der Waals surface area contributed by atoms with Crippen molar-refractivity contribution < 1.29 is 117 Å². The van der Waals surface area contributed by atoms with E-state index in [0.717, 1.165) is 38.5 Å². The lowest BCUT2D eigenvalue weighted by molar-refractivity contribution is -0.286. The summed E-state index contributed by atoms with van der Waals surface area (Å²) < 4.78 is 39.0. The molecule has 0 spiro atoms. The van der Waals surface area contributed by atoms with Gasteiger partial charge in [-0.1, -0.05) is 23.1 Å². The Balaban J connectivity index is -0.000000330. The van der Waals surface area contributed by atoms with Crippen LogP contribution in [0, 0.1) is 0 Å². The minimum Gasteiger partial charge on any atom is -0.468 e. The summed E-state index contributed by atoms with van der Waals surface area (Å²) in [6, 6.07) is -0.0943. The van der Waals surface area contributed by atoms with Crippen molar-refractivity contribution in [2.75, 3.05) is 227 Å². The van der Waals surface area contributed by atoms with Crippen LogP contribution in [0.3, 0.4) is 0 Å². The van der Waals surface area contributed by atoms with E-state index in [1.165, 1.54) is 42.7 Å². The number of ether oxygens (including phenoxy) is 8. The van der Waals surface area contributed by atoms with Gasteiger partial charge in [-0.25, -0.2) is 39.1 Å². The Kier molecular flexibility index (Phi) is 80.7. The molecule has 0 aromatic heterocycles. The van der Waals surface area contributed by atoms with Gasteiger partial charge in [0.2, 0.25) is 5.91 Å². The van der Waals surface area contributed by atoms with Crippen molar-refractivity contribution in [3.63, 3.8) is 0 Å². The number of unbranched alkanes of at least 4 members (excludes halogenated alkanes) is 2. The summed E-state index contributed by atoms with van der Waals surface area (Å²) in [4.78, 5) is 82.4. The largest absolute Gasteiger partial charge is 0.468 e. The maximum Gasteiger partial charge on any atom is 0.319 e. The third-order valence-electron chi connectivity index (χ3n) is 9.36. The second-order valence-corrected chi connectivity index (χ2v) is 15.3. The molecule has 482 valence electrons. The molecule has 0 saturated carbocycles. The molecule has 0 bridgehead atoms. The van der Waals surface area contributed by atoms with Gasteiger partial charge < -0.3 is 80.2 Å². The third kappa shape index (κ3) is 74.1. The number of hydrogen-bond donors (Lipinski definition) is 8. The number of nitrogens with one attached hydrogen (secondary N) is 1. The maximum absolute atomic E-state index is 11.8. The van der Waals surface area contributed by atoms with Crippen molar-refractivity contribution >= 4 is 17.8 Å². The second kappa shape index (κ2) is 76.1. The number of esters is 2. The van der Waals surface area contributed by atoms with E-state index in [1.807, 2.05) is 9.80 Å². The maximum atomic E-state index is 11.8. The number of nitrogens with two attached hydrogens (primary N) is 2. The second-order valence-electron chi connectivity index (χ2n) is 15.3. The Bertz CT molecular complexity index is 1400. The summed E-state index contributed by atoms with van der Waals surface area (Å²) in [6.07, 6.45) is 3.54. The highest BCUT2D eigenvalue weighted by Crippen LogP contribution is 2.12. The van der Waals surface area contributed by atoms with E-state index in [1.54, 1.807) is 0 Å². The molecule has 2 atom stereocenters. The Hall–Kier alpha value is -3.89. The summed E-state index contributed by atoms with van der Waals surface area (Å²) in [7, 11) is 8.45. The van der Waals surface area contributed by atoms with Crippen LogP contribution in [0.15, 0.2) is 10.2 Å². The molecular weight excluding hydrogens is 1090 g/mol. The van der Waals surface area contributed by atoms with Crippen molar-refractivity contribution in [3.8, 4) is 0 Å². The van der Waals surface area contributed by atoms with E-state index in [9.17, 15) is 14.4 Å². The minimum absolute atomic E-state index is 0.0102. The molecule has 10 N–H and O–H groups in total. The van der Waals surface area contributed by atoms with E-state index in [2.05, 4.69) is 44.8 Å². The van der Waals surface area contributed by atoms with Crippen molar-refractivity contribution in [3.05, 3.63) is 20.9 Å². The van der Waals surface area contributed by atoms with Crippen LogP contribution in [0.1, 0.15) is 38.5 Å². The SMILES string of the molecule is COOCCN(CC(=O)OC)C(CCCCN)COOC.COOCCN(CC(=O)OC)C(CCCCNC(=O)COCCOCCN)COOC.OCCOCCO.[N-]=[N+]=NCCOCCO.[N-]=[N+]=NCCOCCOCC(O)O. The zero-order valence-corrected chi connectivity index (χ0v) is 48.5. The normalized spacial score (nSPS) is 11.3. The fraction of sp³-hybridized carbons (Fsp3) is 0.935. The lowest BCUT2D eigenvalue weighted by Gasteiger charge is -2.30. The highest BCUT2D eigenvalue weighted by Gasteiger charge is 2.23. The van der Waals surface area contributed by atoms with Crippen molar-refractivity contribution in [2.45, 2.75) is 56.9 Å². The topological polar surface area (TPSA) is 468 Å². The standard InChI is InChI=1S/C19H39N3O9.C13H28N2O6.C6H13N3O4.C4H9N3O2.C4H10O3/c1-25-19(24)14-22(9-11-30-26-2)17(15-31-27-3)6-4-5-8-21-18(23)16-29-13-12-28-10-7-20;1-17-13(16)10-15(8-9-20-18-2)12(11-21-19-3)6-4-5-7-14;7-9-8-1-2-12-3-4-13-5-6(10)11;5-7-6-1-3-9-4-2-8;5-1-3-7-4-2-6/h17H,4-16,20H2,1-3H3,(H,21,23);12H,4-11,14H2,1-3H3;6,10-11H,1-5H2;8H,1-4H2;5-6H,1-4H2. The number of aliphatic hydroxyl groups is 5. The molecule has 0 aliphatic rings. The molecule has 0 heterocycles. The van der Waals surface area contributed by atoms with Crippen LogP contribution in [-0.4, -0.2) is 299 Å². The van der Waals surface area contributed by atoms with Crippen LogP contribution in [0.2, 0.25) is 0 Å². The van der Waals surface area contributed by atoms with Crippen molar-refractivity contribution in [1.82, 2.24) is 15.1 Å². The molecule has 2 unspecified atom stereocenters. The van der Waals surface area contributed by atoms with Crippen molar-refractivity contribution in [1.29, 1.82) is 0 Å². The van der Waals surface area contributed by atoms with Gasteiger partial charge in [0.1, 0.15) is 6.61 Å². The number of azide groups is 2. The van der Waals surface area contributed by atoms with Gasteiger partial charge in [-0.15, -0.1) is 0 Å². The Morgan fingerprint density at radius 3 is 1.35 bits per heavy atom. The van der Waals surface area contributed by atoms with Gasteiger partial charge in [-0.2, -0.15) is 0 Å². The number of rotatable bonds is 53. The number of methoxy groups -OCH3 is 2. The van der Waals surface area contributed by atoms with Gasteiger partial charge >= 0.3 is 11.9 Å². The minimum atomic E-state index is -1.44. The zero-order chi connectivity index (χ0) is 61.5. The molecule has 0 aliphatic carbocycles. The monoisotopic (exact) mass is 1190 g/mol. The fourth-order valence-corrected chi connectivity index (χ4v) is 5.64. The third-order valence-corrected chi connectivity index (χ3v) is 9.36. The molecule has 0 aromatic carbocycles. The number of hydrogen-bond acceptors (Lipinski definition) is 30. The molecule has 0 radical (unpaired) electrons. The first kappa shape index (κ1) is 85.9. The number of carbonyl (C=O) groups excluding carboxylic acids is 3. The van der Waals surface area contributed by atoms with Crippen LogP contribution in [0.25, 0.3) is 20.9 Å². The summed E-state index contributed by atoms with van der Waals surface area (Å²) in [6.45, 7) is 8.15. The molecule has 0 aliphatic heterocycles. The lowest BCUT2D eigenvalue weighted by Crippen LogP contribution is -2.44. The van der Waals surface area contributed by atoms with E-state index in [-0.39, 0.29) is 95.9 Å². The van der Waals surface area contributed by atoms with Gasteiger partial charge in [-0.05, 0) is 43.3 Å². The molecule has 0 saturated heterocycles. The van der Waals surface area contributed by atoms with E-state index in [0.29, 0.717) is 118 Å². The summed E-state index contributed by atoms with van der Waals surface area (Å²) in [5.74, 6) is -0.851. The van der Waals surface area contributed by atoms with E-state index < -0.39 is 6.29 Å². The quantitative estimate of drug-likeness (QED) is 0.00492. The molecule has 1 amide bonds. The Labute approximate surface area is 475 Å². The van der Waals surface area contributed by atoms with Gasteiger partial charge in [0.15, 0.2) is 6.29 Å². The molecule has 35 heteroatoms. The smallest absolute Gasteiger partial charge is 0.319 e. The first-order valence-corrected chi connectivity index (χ1v) is 26.0. The molecule has 35 nitrogen and oxygen atoms in total. The number of nitrogens with zero attached hydrogens (tertiary/aromatic N) is 8. The summed E-state index contributed by atoms with van der Waals surface area (Å²) in [5.41, 5.74) is 26.5. The zero-order valence-electron chi connectivity index (χ0n) is 48.5. The van der Waals surface area contributed by atoms with Crippen LogP contribution < -0.4 is 16.8 Å². The van der Waals surface area contributed by atoms with E-state index >= 15 is 0 Å². The number of aliphatic hydroxyl groups excluding tert-OH is 4. The van der Waals surface area contributed by atoms with Gasteiger partial charge in [0.05, 0.1) is 175 Å². The van der Waals surface area contributed by atoms with Gasteiger partial charge in [0.25, 0.3) is 0 Å². The molecule has 0 fully saturated rings. The van der Waals surface area contributed by atoms with Crippen LogP contribution in [0.4, 0.5) is 0 Å². The average Bonchev–Trinajstić information content (AvgIpc) is 3.46. The van der Waals surface area contributed by atoms with Crippen LogP contribution >= 0.6 is 0 Å². The molecule has 0 rings (SSSR count). The van der Waals surface area contributed by atoms with Gasteiger partial charge in [0, 0.05) is 61.2 Å². The van der Waals surface area contributed by atoms with E-state index in [4.69, 9.17) is 106 Å². The Morgan fingerprint density at radius 2 is 0.938 bits per heavy atom. The molecule has 81 heavy (non-hydrogen) atoms. The Morgan fingerprint density at radius 1 is 0.519 bits per heavy atom. The van der Waals surface area contributed by atoms with Gasteiger partial charge in [-0.3, -0.25) is 24.2 Å². The lowest BCUT2D eigenvalue weighted by atomic mass is 10.1. The fourth-order valence-electron chi connectivity index (χ4n) is 5.64. The first-order chi connectivity index (χ1) is 39.4. The highest BCUT2D eigenvalue weighted by molar-refractivity contribution is 5.77. The van der Waals surface area contributed by atoms with Crippen LogP contribution in [0.5, 0.6) is 0 Å². The predicted octanol–water partition coefficient (Wildman–Crippen LogP) is -1.69. The predicted molar refractivity (Wildman–Crippen MR) is 288 cm³/mol.